The molecule has 1 saturated heterocycles. The molecule has 10 heteroatoms. The van der Waals surface area contributed by atoms with E-state index in [1.165, 1.54) is 12.5 Å². The number of halogens is 1. The van der Waals surface area contributed by atoms with Gasteiger partial charge in [0.2, 0.25) is 0 Å². The van der Waals surface area contributed by atoms with Crippen molar-refractivity contribution in [2.45, 2.75) is 12.3 Å². The van der Waals surface area contributed by atoms with Gasteiger partial charge in [-0.15, -0.1) is 24.0 Å². The summed E-state index contributed by atoms with van der Waals surface area (Å²) in [6.07, 6.45) is 2.73. The predicted octanol–water partition coefficient (Wildman–Crippen LogP) is 1.98. The van der Waals surface area contributed by atoms with Gasteiger partial charge in [0.15, 0.2) is 21.6 Å². The molecule has 0 atom stereocenters. The molecule has 2 heterocycles. The van der Waals surface area contributed by atoms with Crippen LogP contribution in [-0.2, 0) is 22.1 Å². The largest absolute Gasteiger partial charge is 0.459 e. The second-order valence-electron chi connectivity index (χ2n) is 7.04. The monoisotopic (exact) mass is 546 g/mol. The van der Waals surface area contributed by atoms with Crippen LogP contribution < -0.4 is 5.32 Å². The number of hydrogen-bond donors (Lipinski definition) is 1. The molecule has 30 heavy (non-hydrogen) atoms. The minimum absolute atomic E-state index is 0. The predicted molar refractivity (Wildman–Crippen MR) is 127 cm³/mol. The Labute approximate surface area is 194 Å². The maximum absolute atomic E-state index is 12.4. The van der Waals surface area contributed by atoms with E-state index in [1.807, 2.05) is 24.3 Å². The third-order valence-corrected chi connectivity index (χ3v) is 5.57. The number of aliphatic imine (C=N–C) groups is 1. The maximum atomic E-state index is 12.4. The number of hydrogen-bond acceptors (Lipinski definition) is 5. The van der Waals surface area contributed by atoms with E-state index in [0.717, 1.165) is 17.1 Å². The van der Waals surface area contributed by atoms with Crippen molar-refractivity contribution in [2.75, 3.05) is 39.5 Å². The first-order chi connectivity index (χ1) is 13.9. The molecule has 1 aromatic heterocycles. The first kappa shape index (κ1) is 24.2. The third-order valence-electron chi connectivity index (χ3n) is 4.71. The van der Waals surface area contributed by atoms with Gasteiger partial charge in [-0.05, 0) is 23.3 Å². The fourth-order valence-electron chi connectivity index (χ4n) is 3.25. The maximum Gasteiger partial charge on any atom is 0.289 e. The number of sulfone groups is 1. The molecule has 0 aliphatic carbocycles. The lowest BCUT2D eigenvalue weighted by molar-refractivity contribution is 0.0657. The molecule has 1 aliphatic heterocycles. The van der Waals surface area contributed by atoms with Crippen LogP contribution in [0.4, 0.5) is 0 Å². The number of amides is 1. The standard InChI is InChI=1S/C20H26N4O4S.HI/c1-21-20(22-14-16-5-7-17(8-6-16)15-29(2,26)27)24-11-9-23(10-12-24)19(25)18-4-3-13-28-18;/h3-8,13H,9-12,14-15H2,1-2H3,(H,21,22);1H. The van der Waals surface area contributed by atoms with Crippen molar-refractivity contribution < 1.29 is 17.6 Å². The van der Waals surface area contributed by atoms with Crippen LogP contribution in [0.1, 0.15) is 21.7 Å². The van der Waals surface area contributed by atoms with Crippen molar-refractivity contribution in [2.24, 2.45) is 4.99 Å². The lowest BCUT2D eigenvalue weighted by Gasteiger charge is -2.36. The Bertz CT molecular complexity index is 951. The van der Waals surface area contributed by atoms with Crippen molar-refractivity contribution >= 4 is 45.7 Å². The van der Waals surface area contributed by atoms with Gasteiger partial charge in [0, 0.05) is 46.0 Å². The summed E-state index contributed by atoms with van der Waals surface area (Å²) in [5.74, 6) is 1.09. The molecule has 0 radical (unpaired) electrons. The van der Waals surface area contributed by atoms with E-state index in [0.29, 0.717) is 38.5 Å². The number of piperazine rings is 1. The van der Waals surface area contributed by atoms with Crippen molar-refractivity contribution in [3.8, 4) is 0 Å². The zero-order valence-electron chi connectivity index (χ0n) is 17.1. The summed E-state index contributed by atoms with van der Waals surface area (Å²) in [6.45, 7) is 3.14. The minimum Gasteiger partial charge on any atom is -0.459 e. The van der Waals surface area contributed by atoms with Crippen LogP contribution in [0.2, 0.25) is 0 Å². The highest BCUT2D eigenvalue weighted by Gasteiger charge is 2.25. The SMILES string of the molecule is CN=C(NCc1ccc(CS(C)(=O)=O)cc1)N1CCN(C(=O)c2ccco2)CC1.I. The van der Waals surface area contributed by atoms with Gasteiger partial charge >= 0.3 is 0 Å². The van der Waals surface area contributed by atoms with Gasteiger partial charge in [-0.25, -0.2) is 8.42 Å². The molecule has 8 nitrogen and oxygen atoms in total. The molecule has 3 rings (SSSR count). The van der Waals surface area contributed by atoms with Gasteiger partial charge in [0.05, 0.1) is 12.0 Å². The van der Waals surface area contributed by atoms with Gasteiger partial charge in [0.1, 0.15) is 0 Å². The summed E-state index contributed by atoms with van der Waals surface area (Å²) in [7, 11) is -1.30. The Morgan fingerprint density at radius 3 is 2.20 bits per heavy atom. The van der Waals surface area contributed by atoms with Crippen LogP contribution in [0.5, 0.6) is 0 Å². The minimum atomic E-state index is -3.03. The number of guanidine groups is 1. The van der Waals surface area contributed by atoms with Crippen molar-refractivity contribution in [3.63, 3.8) is 0 Å². The van der Waals surface area contributed by atoms with E-state index in [-0.39, 0.29) is 35.6 Å². The molecule has 1 amide bonds. The topological polar surface area (TPSA) is 95.2 Å². The average molecular weight is 546 g/mol. The van der Waals surface area contributed by atoms with E-state index in [1.54, 1.807) is 24.1 Å². The summed E-state index contributed by atoms with van der Waals surface area (Å²) >= 11 is 0. The third kappa shape index (κ3) is 6.73. The van der Waals surface area contributed by atoms with Crippen LogP contribution >= 0.6 is 24.0 Å². The number of benzene rings is 1. The van der Waals surface area contributed by atoms with Crippen LogP contribution in [0.3, 0.4) is 0 Å². The Morgan fingerprint density at radius 1 is 1.07 bits per heavy atom. The molecular weight excluding hydrogens is 519 g/mol. The van der Waals surface area contributed by atoms with Crippen LogP contribution in [0, 0.1) is 0 Å². The first-order valence-electron chi connectivity index (χ1n) is 9.39. The van der Waals surface area contributed by atoms with Gasteiger partial charge in [-0.2, -0.15) is 0 Å². The first-order valence-corrected chi connectivity index (χ1v) is 11.5. The molecule has 1 fully saturated rings. The molecule has 0 bridgehead atoms. The average Bonchev–Trinajstić information content (AvgIpc) is 3.23. The number of nitrogens with one attached hydrogen (secondary N) is 1. The van der Waals surface area contributed by atoms with Crippen LogP contribution in [-0.4, -0.2) is 69.6 Å². The smallest absolute Gasteiger partial charge is 0.289 e. The second-order valence-corrected chi connectivity index (χ2v) is 9.18. The number of rotatable bonds is 5. The van der Waals surface area contributed by atoms with E-state index < -0.39 is 9.84 Å². The van der Waals surface area contributed by atoms with E-state index in [9.17, 15) is 13.2 Å². The Hall–Kier alpha value is -2.08. The Kier molecular flexibility index (Phi) is 8.71. The van der Waals surface area contributed by atoms with Crippen LogP contribution in [0.15, 0.2) is 52.1 Å². The number of carbonyl (C=O) groups is 1. The lowest BCUT2D eigenvalue weighted by atomic mass is 10.1. The molecule has 1 aliphatic rings. The fourth-order valence-corrected chi connectivity index (χ4v) is 4.04. The summed E-state index contributed by atoms with van der Waals surface area (Å²) in [5.41, 5.74) is 1.81. The summed E-state index contributed by atoms with van der Waals surface area (Å²) in [4.78, 5) is 20.6. The fraction of sp³-hybridized carbons (Fsp3) is 0.400. The number of furan rings is 1. The van der Waals surface area contributed by atoms with E-state index in [2.05, 4.69) is 15.2 Å². The molecule has 0 saturated carbocycles. The van der Waals surface area contributed by atoms with Crippen molar-refractivity contribution in [1.29, 1.82) is 0 Å². The molecule has 0 unspecified atom stereocenters. The van der Waals surface area contributed by atoms with E-state index in [4.69, 9.17) is 4.42 Å². The highest BCUT2D eigenvalue weighted by atomic mass is 127. The Balaban J connectivity index is 0.00000320. The quantitative estimate of drug-likeness (QED) is 0.350. The molecular formula is C20H27IN4O4S. The molecule has 1 N–H and O–H groups in total. The summed E-state index contributed by atoms with van der Waals surface area (Å²) in [5, 5.41) is 3.33. The summed E-state index contributed by atoms with van der Waals surface area (Å²) in [6, 6.07) is 10.9. The Morgan fingerprint density at radius 2 is 1.67 bits per heavy atom. The van der Waals surface area contributed by atoms with Gasteiger partial charge in [0.25, 0.3) is 5.91 Å². The molecule has 2 aromatic rings. The summed E-state index contributed by atoms with van der Waals surface area (Å²) < 4.78 is 28.0. The van der Waals surface area contributed by atoms with Gasteiger partial charge in [-0.1, -0.05) is 24.3 Å². The second kappa shape index (κ2) is 10.8. The van der Waals surface area contributed by atoms with Gasteiger partial charge < -0.3 is 19.5 Å². The molecule has 0 spiro atoms. The molecule has 1 aromatic carbocycles. The highest BCUT2D eigenvalue weighted by Crippen LogP contribution is 2.11. The van der Waals surface area contributed by atoms with E-state index >= 15 is 0 Å². The molecule has 164 valence electrons. The number of carbonyl (C=O) groups excluding carboxylic acids is 1. The lowest BCUT2D eigenvalue weighted by Crippen LogP contribution is -2.53. The van der Waals surface area contributed by atoms with Crippen molar-refractivity contribution in [1.82, 2.24) is 15.1 Å². The van der Waals surface area contributed by atoms with Gasteiger partial charge in [-0.3, -0.25) is 9.79 Å². The number of nitrogens with zero attached hydrogens (tertiary/aromatic N) is 3. The highest BCUT2D eigenvalue weighted by molar-refractivity contribution is 14.0. The normalized spacial score (nSPS) is 14.9. The van der Waals surface area contributed by atoms with Crippen molar-refractivity contribution in [3.05, 3.63) is 59.5 Å². The van der Waals surface area contributed by atoms with Crippen LogP contribution in [0.25, 0.3) is 0 Å². The zero-order chi connectivity index (χ0) is 20.9. The zero-order valence-corrected chi connectivity index (χ0v) is 20.2.